The smallest absolute Gasteiger partial charge is 0.465 e. The maximum absolute atomic E-state index is 11.9. The Morgan fingerprint density at radius 2 is 1.88 bits per heavy atom. The van der Waals surface area contributed by atoms with Gasteiger partial charge in [0.25, 0.3) is 0 Å². The molecular weight excluding hydrogens is 225 g/mol. The van der Waals surface area contributed by atoms with Gasteiger partial charge in [0.15, 0.2) is 0 Å². The van der Waals surface area contributed by atoms with Gasteiger partial charge in [-0.2, -0.15) is 0 Å². The molecule has 0 bridgehead atoms. The first-order valence-corrected chi connectivity index (χ1v) is 5.16. The van der Waals surface area contributed by atoms with Gasteiger partial charge in [-0.25, -0.2) is 0 Å². The zero-order chi connectivity index (χ0) is 12.8. The molecule has 2 atom stereocenters. The normalized spacial score (nSPS) is 15.6. The molecule has 0 aliphatic heterocycles. The summed E-state index contributed by atoms with van der Waals surface area (Å²) in [5, 5.41) is 0. The summed E-state index contributed by atoms with van der Waals surface area (Å²) in [6.45, 7) is 4.59. The predicted octanol–water partition coefficient (Wildman–Crippen LogP) is 2.89. The minimum Gasteiger partial charge on any atom is -0.465 e. The average molecular weight is 242 g/mol. The zero-order valence-corrected chi connectivity index (χ0v) is 9.63. The SMILES string of the molecule is CCCC(=O)OCC(C)C(C)OC(F)(F)F. The molecule has 3 nitrogen and oxygen atoms in total. The first kappa shape index (κ1) is 15.2. The van der Waals surface area contributed by atoms with Crippen molar-refractivity contribution in [1.29, 1.82) is 0 Å². The lowest BCUT2D eigenvalue weighted by molar-refractivity contribution is -0.346. The molecule has 0 heterocycles. The van der Waals surface area contributed by atoms with Crippen molar-refractivity contribution in [1.82, 2.24) is 0 Å². The molecule has 0 spiro atoms. The van der Waals surface area contributed by atoms with E-state index < -0.39 is 24.4 Å². The fraction of sp³-hybridized carbons (Fsp3) is 0.900. The molecule has 0 saturated carbocycles. The third-order valence-corrected chi connectivity index (χ3v) is 2.08. The fourth-order valence-electron chi connectivity index (χ4n) is 0.963. The molecule has 0 rings (SSSR count). The van der Waals surface area contributed by atoms with Crippen LogP contribution in [0.4, 0.5) is 13.2 Å². The second-order valence-electron chi connectivity index (χ2n) is 3.68. The number of ether oxygens (including phenoxy) is 2. The van der Waals surface area contributed by atoms with Crippen molar-refractivity contribution in [2.45, 2.75) is 46.1 Å². The average Bonchev–Trinajstić information content (AvgIpc) is 2.11. The van der Waals surface area contributed by atoms with Gasteiger partial charge in [-0.05, 0) is 13.3 Å². The van der Waals surface area contributed by atoms with Crippen molar-refractivity contribution in [2.24, 2.45) is 5.92 Å². The number of esters is 1. The first-order chi connectivity index (χ1) is 7.26. The van der Waals surface area contributed by atoms with Crippen LogP contribution in [-0.2, 0) is 14.3 Å². The Kier molecular flexibility index (Phi) is 6.40. The lowest BCUT2D eigenvalue weighted by atomic mass is 10.1. The Labute approximate surface area is 92.9 Å². The van der Waals surface area contributed by atoms with Crippen LogP contribution in [0.1, 0.15) is 33.6 Å². The van der Waals surface area contributed by atoms with Crippen LogP contribution < -0.4 is 0 Å². The Morgan fingerprint density at radius 3 is 2.31 bits per heavy atom. The molecule has 0 saturated heterocycles. The van der Waals surface area contributed by atoms with E-state index in [9.17, 15) is 18.0 Å². The minimum absolute atomic E-state index is 0.0594. The van der Waals surface area contributed by atoms with E-state index in [1.807, 2.05) is 6.92 Å². The van der Waals surface area contributed by atoms with Gasteiger partial charge in [0.1, 0.15) is 0 Å². The van der Waals surface area contributed by atoms with Crippen LogP contribution in [0.25, 0.3) is 0 Å². The number of alkyl halides is 3. The third kappa shape index (κ3) is 7.50. The van der Waals surface area contributed by atoms with Crippen LogP contribution in [0.5, 0.6) is 0 Å². The highest BCUT2D eigenvalue weighted by atomic mass is 19.4. The molecule has 96 valence electrons. The van der Waals surface area contributed by atoms with Crippen LogP contribution in [0.15, 0.2) is 0 Å². The van der Waals surface area contributed by atoms with E-state index in [4.69, 9.17) is 4.74 Å². The van der Waals surface area contributed by atoms with Crippen LogP contribution in [0, 0.1) is 5.92 Å². The number of carbonyl (C=O) groups is 1. The maximum atomic E-state index is 11.9. The number of rotatable bonds is 6. The van der Waals surface area contributed by atoms with Gasteiger partial charge in [-0.15, -0.1) is 13.2 Å². The van der Waals surface area contributed by atoms with Gasteiger partial charge in [-0.3, -0.25) is 9.53 Å². The highest BCUT2D eigenvalue weighted by molar-refractivity contribution is 5.69. The topological polar surface area (TPSA) is 35.5 Å². The minimum atomic E-state index is -4.65. The van der Waals surface area contributed by atoms with E-state index in [0.29, 0.717) is 6.42 Å². The lowest BCUT2D eigenvalue weighted by Gasteiger charge is -2.21. The third-order valence-electron chi connectivity index (χ3n) is 2.08. The molecule has 2 unspecified atom stereocenters. The van der Waals surface area contributed by atoms with Crippen LogP contribution in [0.2, 0.25) is 0 Å². The van der Waals surface area contributed by atoms with E-state index >= 15 is 0 Å². The number of carbonyl (C=O) groups excluding carboxylic acids is 1. The monoisotopic (exact) mass is 242 g/mol. The second-order valence-corrected chi connectivity index (χ2v) is 3.68. The standard InChI is InChI=1S/C10H17F3O3/c1-4-5-9(14)15-6-7(2)8(3)16-10(11,12)13/h7-8H,4-6H2,1-3H3. The van der Waals surface area contributed by atoms with Gasteiger partial charge in [0.05, 0.1) is 12.7 Å². The highest BCUT2D eigenvalue weighted by Crippen LogP contribution is 2.22. The van der Waals surface area contributed by atoms with Crippen molar-refractivity contribution < 1.29 is 27.4 Å². The molecule has 0 N–H and O–H groups in total. The highest BCUT2D eigenvalue weighted by Gasteiger charge is 2.33. The maximum Gasteiger partial charge on any atom is 0.522 e. The summed E-state index contributed by atoms with van der Waals surface area (Å²) in [6, 6.07) is 0. The summed E-state index contributed by atoms with van der Waals surface area (Å²) in [6.07, 6.45) is -4.75. The van der Waals surface area contributed by atoms with Crippen molar-refractivity contribution >= 4 is 5.97 Å². The summed E-state index contributed by atoms with van der Waals surface area (Å²) in [5.74, 6) is -0.893. The number of hydrogen-bond donors (Lipinski definition) is 0. The van der Waals surface area contributed by atoms with Crippen molar-refractivity contribution in [3.05, 3.63) is 0 Å². The van der Waals surface area contributed by atoms with Crippen LogP contribution in [-0.4, -0.2) is 25.0 Å². The summed E-state index contributed by atoms with van der Waals surface area (Å²) in [4.78, 5) is 11.0. The second kappa shape index (κ2) is 6.73. The summed E-state index contributed by atoms with van der Waals surface area (Å²) in [7, 11) is 0. The largest absolute Gasteiger partial charge is 0.522 e. The molecule has 0 aromatic rings. The van der Waals surface area contributed by atoms with Crippen molar-refractivity contribution in [3.8, 4) is 0 Å². The zero-order valence-electron chi connectivity index (χ0n) is 9.63. The summed E-state index contributed by atoms with van der Waals surface area (Å²) < 4.78 is 44.2. The van der Waals surface area contributed by atoms with Gasteiger partial charge in [0.2, 0.25) is 0 Å². The molecule has 0 aliphatic rings. The van der Waals surface area contributed by atoms with Crippen molar-refractivity contribution in [3.63, 3.8) is 0 Å². The number of halogens is 3. The molecule has 0 amide bonds. The van der Waals surface area contributed by atoms with E-state index in [0.717, 1.165) is 0 Å². The Hall–Kier alpha value is -0.780. The van der Waals surface area contributed by atoms with E-state index in [2.05, 4.69) is 4.74 Å². The van der Waals surface area contributed by atoms with Crippen molar-refractivity contribution in [2.75, 3.05) is 6.61 Å². The Bertz CT molecular complexity index is 216. The van der Waals surface area contributed by atoms with E-state index in [-0.39, 0.29) is 13.0 Å². The fourth-order valence-corrected chi connectivity index (χ4v) is 0.963. The Balaban J connectivity index is 3.88. The van der Waals surface area contributed by atoms with Gasteiger partial charge < -0.3 is 4.74 Å². The molecule has 0 aliphatic carbocycles. The molecule has 0 radical (unpaired) electrons. The van der Waals surface area contributed by atoms with Crippen LogP contribution >= 0.6 is 0 Å². The molecule has 6 heteroatoms. The van der Waals surface area contributed by atoms with Gasteiger partial charge in [-0.1, -0.05) is 13.8 Å². The van der Waals surface area contributed by atoms with Gasteiger partial charge >= 0.3 is 12.3 Å². The summed E-state index contributed by atoms with van der Waals surface area (Å²) >= 11 is 0. The number of hydrogen-bond acceptors (Lipinski definition) is 3. The molecule has 0 aromatic carbocycles. The van der Waals surface area contributed by atoms with Gasteiger partial charge in [0, 0.05) is 12.3 Å². The molecule has 0 aromatic heterocycles. The first-order valence-electron chi connectivity index (χ1n) is 5.16. The molecule has 16 heavy (non-hydrogen) atoms. The molecular formula is C10H17F3O3. The summed E-state index contributed by atoms with van der Waals surface area (Å²) in [5.41, 5.74) is 0. The quantitative estimate of drug-likeness (QED) is 0.672. The van der Waals surface area contributed by atoms with E-state index in [1.54, 1.807) is 0 Å². The predicted molar refractivity (Wildman–Crippen MR) is 51.6 cm³/mol. The van der Waals surface area contributed by atoms with Crippen LogP contribution in [0.3, 0.4) is 0 Å². The lowest BCUT2D eigenvalue weighted by Crippen LogP contribution is -2.29. The Morgan fingerprint density at radius 1 is 1.31 bits per heavy atom. The van der Waals surface area contributed by atoms with E-state index in [1.165, 1.54) is 13.8 Å². The molecule has 0 fully saturated rings.